The van der Waals surface area contributed by atoms with Gasteiger partial charge >= 0.3 is 0 Å². The standard InChI is InChI=1S/C21H23Cl2N5O/c1-27(14-7-4-3-5-8-14)20(29)13-11-17-19(24-12-13)28(2)21(25-17)26-18-15(22)9-6-10-16(18)23/h6,9-12,14H,3-5,7-8H2,1-2H3,(H,25,26). The zero-order valence-electron chi connectivity index (χ0n) is 16.5. The van der Waals surface area contributed by atoms with Crippen LogP contribution in [0.2, 0.25) is 10.0 Å². The van der Waals surface area contributed by atoms with Crippen molar-refractivity contribution in [2.45, 2.75) is 38.1 Å². The number of imidazole rings is 1. The maximum Gasteiger partial charge on any atom is 0.255 e. The Morgan fingerprint density at radius 1 is 1.21 bits per heavy atom. The lowest BCUT2D eigenvalue weighted by Crippen LogP contribution is -2.38. The number of aromatic nitrogens is 3. The van der Waals surface area contributed by atoms with Crippen LogP contribution >= 0.6 is 23.2 Å². The average Bonchev–Trinajstić information content (AvgIpc) is 3.05. The van der Waals surface area contributed by atoms with Crippen LogP contribution in [0.3, 0.4) is 0 Å². The number of aryl methyl sites for hydroxylation is 1. The molecule has 1 N–H and O–H groups in total. The fourth-order valence-electron chi connectivity index (χ4n) is 3.87. The van der Waals surface area contributed by atoms with Gasteiger partial charge < -0.3 is 10.2 Å². The molecule has 29 heavy (non-hydrogen) atoms. The number of nitrogens with zero attached hydrogens (tertiary/aromatic N) is 4. The molecule has 0 aliphatic heterocycles. The van der Waals surface area contributed by atoms with E-state index in [4.69, 9.17) is 23.2 Å². The summed E-state index contributed by atoms with van der Waals surface area (Å²) in [6.45, 7) is 0. The van der Waals surface area contributed by atoms with Crippen molar-refractivity contribution < 1.29 is 4.79 Å². The van der Waals surface area contributed by atoms with Gasteiger partial charge in [0.2, 0.25) is 5.95 Å². The second-order valence-electron chi connectivity index (χ2n) is 7.49. The van der Waals surface area contributed by atoms with Crippen LogP contribution in [0.25, 0.3) is 11.2 Å². The normalized spacial score (nSPS) is 14.9. The fourth-order valence-corrected chi connectivity index (χ4v) is 4.36. The number of halogens is 2. The van der Waals surface area contributed by atoms with Crippen LogP contribution in [0.15, 0.2) is 30.5 Å². The van der Waals surface area contributed by atoms with Crippen molar-refractivity contribution in [2.24, 2.45) is 7.05 Å². The first-order chi connectivity index (χ1) is 14.0. The number of nitrogens with one attached hydrogen (secondary N) is 1. The molecule has 3 aromatic rings. The summed E-state index contributed by atoms with van der Waals surface area (Å²) in [4.78, 5) is 23.9. The van der Waals surface area contributed by atoms with Gasteiger partial charge in [0.05, 0.1) is 21.3 Å². The van der Waals surface area contributed by atoms with Crippen LogP contribution in [0.4, 0.5) is 11.6 Å². The molecule has 1 aliphatic rings. The van der Waals surface area contributed by atoms with Crippen LogP contribution in [0.5, 0.6) is 0 Å². The number of rotatable bonds is 4. The lowest BCUT2D eigenvalue weighted by Gasteiger charge is -2.31. The Hall–Kier alpha value is -2.31. The van der Waals surface area contributed by atoms with Crippen molar-refractivity contribution in [1.29, 1.82) is 0 Å². The van der Waals surface area contributed by atoms with E-state index >= 15 is 0 Å². The molecular weight excluding hydrogens is 409 g/mol. The topological polar surface area (TPSA) is 63.1 Å². The number of benzene rings is 1. The molecule has 152 valence electrons. The van der Waals surface area contributed by atoms with Crippen molar-refractivity contribution in [1.82, 2.24) is 19.4 Å². The molecule has 1 saturated carbocycles. The minimum absolute atomic E-state index is 0.0133. The highest BCUT2D eigenvalue weighted by Crippen LogP contribution is 2.33. The Morgan fingerprint density at radius 3 is 2.59 bits per heavy atom. The monoisotopic (exact) mass is 431 g/mol. The highest BCUT2D eigenvalue weighted by Gasteiger charge is 2.24. The number of hydrogen-bond acceptors (Lipinski definition) is 4. The zero-order valence-corrected chi connectivity index (χ0v) is 18.0. The van der Waals surface area contributed by atoms with Crippen LogP contribution in [0, 0.1) is 0 Å². The Morgan fingerprint density at radius 2 is 1.90 bits per heavy atom. The van der Waals surface area contributed by atoms with Gasteiger partial charge in [-0.05, 0) is 31.0 Å². The second-order valence-corrected chi connectivity index (χ2v) is 8.31. The summed E-state index contributed by atoms with van der Waals surface area (Å²) in [7, 11) is 3.73. The van der Waals surface area contributed by atoms with Gasteiger partial charge in [0.25, 0.3) is 5.91 Å². The van der Waals surface area contributed by atoms with E-state index in [0.29, 0.717) is 44.5 Å². The van der Waals surface area contributed by atoms with Gasteiger partial charge in [-0.15, -0.1) is 0 Å². The number of carbonyl (C=O) groups is 1. The summed E-state index contributed by atoms with van der Waals surface area (Å²) in [5.41, 5.74) is 2.45. The number of anilines is 2. The number of hydrogen-bond donors (Lipinski definition) is 1. The van der Waals surface area contributed by atoms with Gasteiger partial charge in [-0.25, -0.2) is 9.97 Å². The van der Waals surface area contributed by atoms with E-state index in [1.807, 2.05) is 23.6 Å². The summed E-state index contributed by atoms with van der Waals surface area (Å²) < 4.78 is 1.81. The quantitative estimate of drug-likeness (QED) is 0.598. The third-order valence-corrected chi connectivity index (χ3v) is 6.23. The van der Waals surface area contributed by atoms with Gasteiger partial charge in [-0.1, -0.05) is 48.5 Å². The van der Waals surface area contributed by atoms with Crippen molar-refractivity contribution in [3.05, 3.63) is 46.1 Å². The smallest absolute Gasteiger partial charge is 0.255 e. The van der Waals surface area contributed by atoms with Gasteiger partial charge in [0, 0.05) is 26.3 Å². The minimum atomic E-state index is -0.0133. The zero-order chi connectivity index (χ0) is 20.5. The van der Waals surface area contributed by atoms with Gasteiger partial charge in [-0.2, -0.15) is 0 Å². The molecule has 1 aromatic carbocycles. The summed E-state index contributed by atoms with van der Waals surface area (Å²) in [6, 6.07) is 7.40. The number of para-hydroxylation sites is 1. The molecule has 6 nitrogen and oxygen atoms in total. The SMILES string of the molecule is CN(C(=O)c1cnc2c(c1)nc(Nc1c(Cl)cccc1Cl)n2C)C1CCCCC1. The molecule has 8 heteroatoms. The van der Waals surface area contributed by atoms with Gasteiger partial charge in [-0.3, -0.25) is 9.36 Å². The van der Waals surface area contributed by atoms with Crippen molar-refractivity contribution >= 4 is 51.9 Å². The first-order valence-electron chi connectivity index (χ1n) is 9.76. The van der Waals surface area contributed by atoms with E-state index in [0.717, 1.165) is 12.8 Å². The van der Waals surface area contributed by atoms with Crippen molar-refractivity contribution in [3.8, 4) is 0 Å². The predicted molar refractivity (Wildman–Crippen MR) is 117 cm³/mol. The van der Waals surface area contributed by atoms with Crippen LogP contribution in [-0.2, 0) is 7.05 Å². The number of amides is 1. The molecule has 0 spiro atoms. The van der Waals surface area contributed by atoms with E-state index in [2.05, 4.69) is 15.3 Å². The molecule has 0 atom stereocenters. The Kier molecular flexibility index (Phi) is 5.65. The molecule has 2 heterocycles. The average molecular weight is 432 g/mol. The van der Waals surface area contributed by atoms with Crippen molar-refractivity contribution in [3.63, 3.8) is 0 Å². The summed E-state index contributed by atoms with van der Waals surface area (Å²) in [5.74, 6) is 0.536. The maximum atomic E-state index is 13.0. The molecule has 2 aromatic heterocycles. The fraction of sp³-hybridized carbons (Fsp3) is 0.381. The minimum Gasteiger partial charge on any atom is -0.339 e. The van der Waals surface area contributed by atoms with E-state index in [1.54, 1.807) is 30.5 Å². The largest absolute Gasteiger partial charge is 0.339 e. The highest BCUT2D eigenvalue weighted by atomic mass is 35.5. The number of fused-ring (bicyclic) bond motifs is 1. The Bertz CT molecular complexity index is 1040. The number of pyridine rings is 1. The lowest BCUT2D eigenvalue weighted by molar-refractivity contribution is 0.0696. The third-order valence-electron chi connectivity index (χ3n) is 5.60. The predicted octanol–water partition coefficient (Wildman–Crippen LogP) is 5.42. The van der Waals surface area contributed by atoms with Crippen molar-refractivity contribution in [2.75, 3.05) is 12.4 Å². The molecule has 1 amide bonds. The second kappa shape index (κ2) is 8.20. The van der Waals surface area contributed by atoms with E-state index in [1.165, 1.54) is 19.3 Å². The van der Waals surface area contributed by atoms with Gasteiger partial charge in [0.15, 0.2) is 5.65 Å². The molecule has 4 rings (SSSR count). The van der Waals surface area contributed by atoms with E-state index in [-0.39, 0.29) is 5.91 Å². The van der Waals surface area contributed by atoms with Crippen LogP contribution in [0.1, 0.15) is 42.5 Å². The van der Waals surface area contributed by atoms with E-state index < -0.39 is 0 Å². The molecule has 0 bridgehead atoms. The summed E-state index contributed by atoms with van der Waals surface area (Å²) in [6.07, 6.45) is 7.37. The maximum absolute atomic E-state index is 13.0. The molecular formula is C21H23Cl2N5O. The molecule has 0 unspecified atom stereocenters. The molecule has 0 radical (unpaired) electrons. The third kappa shape index (κ3) is 3.91. The highest BCUT2D eigenvalue weighted by molar-refractivity contribution is 6.39. The Balaban J connectivity index is 1.62. The first-order valence-corrected chi connectivity index (χ1v) is 10.5. The Labute approximate surface area is 179 Å². The first kappa shape index (κ1) is 20.0. The lowest BCUT2D eigenvalue weighted by atomic mass is 9.94. The van der Waals surface area contributed by atoms with Gasteiger partial charge in [0.1, 0.15) is 5.52 Å². The molecule has 1 fully saturated rings. The van der Waals surface area contributed by atoms with Crippen LogP contribution < -0.4 is 5.32 Å². The summed E-state index contributed by atoms with van der Waals surface area (Å²) in [5, 5.41) is 4.18. The number of carbonyl (C=O) groups excluding carboxylic acids is 1. The summed E-state index contributed by atoms with van der Waals surface area (Å²) >= 11 is 12.5. The van der Waals surface area contributed by atoms with Crippen LogP contribution in [-0.4, -0.2) is 38.4 Å². The molecule has 0 saturated heterocycles. The molecule has 1 aliphatic carbocycles. The van der Waals surface area contributed by atoms with E-state index in [9.17, 15) is 4.79 Å².